The molecule has 0 aromatic rings. The highest BCUT2D eigenvalue weighted by atomic mass is 19.1. The molecule has 0 aromatic carbocycles. The molecule has 1 amide bonds. The van der Waals surface area contributed by atoms with E-state index >= 15 is 0 Å². The fourth-order valence-electron chi connectivity index (χ4n) is 7.14. The molecule has 5 aliphatic rings. The van der Waals surface area contributed by atoms with Gasteiger partial charge in [0.1, 0.15) is 12.5 Å². The maximum absolute atomic E-state index is 13.8. The van der Waals surface area contributed by atoms with E-state index in [9.17, 15) is 9.18 Å². The van der Waals surface area contributed by atoms with Gasteiger partial charge in [-0.05, 0) is 102 Å². The Morgan fingerprint density at radius 2 is 1.79 bits per heavy atom. The zero-order valence-electron chi connectivity index (χ0n) is 20.3. The van der Waals surface area contributed by atoms with Crippen molar-refractivity contribution in [1.29, 1.82) is 0 Å². The van der Waals surface area contributed by atoms with E-state index in [-0.39, 0.29) is 24.3 Å². The predicted molar refractivity (Wildman–Crippen MR) is 128 cm³/mol. The lowest BCUT2D eigenvalue weighted by Gasteiger charge is -2.42. The maximum Gasteiger partial charge on any atom is 0.237 e. The summed E-state index contributed by atoms with van der Waals surface area (Å²) in [5.74, 6) is 1.75. The summed E-state index contributed by atoms with van der Waals surface area (Å²) in [6.45, 7) is 5.66. The molecule has 8 heteroatoms. The summed E-state index contributed by atoms with van der Waals surface area (Å²) in [5.41, 5.74) is 0. The first-order valence-corrected chi connectivity index (χ1v) is 13.7. The molecular formula is C25H45FN6O. The summed E-state index contributed by atoms with van der Waals surface area (Å²) < 4.78 is 13.8. The van der Waals surface area contributed by atoms with Gasteiger partial charge in [-0.1, -0.05) is 6.92 Å². The number of nitrogens with one attached hydrogen (secondary N) is 6. The van der Waals surface area contributed by atoms with Crippen molar-refractivity contribution in [1.82, 2.24) is 31.9 Å². The lowest BCUT2D eigenvalue weighted by Crippen LogP contribution is -2.66. The molecule has 0 bridgehead atoms. The molecule has 0 aromatic heterocycles. The van der Waals surface area contributed by atoms with Crippen LogP contribution in [0, 0.1) is 17.8 Å². The van der Waals surface area contributed by atoms with Crippen molar-refractivity contribution < 1.29 is 9.18 Å². The monoisotopic (exact) mass is 464 g/mol. The Balaban J connectivity index is 1.10. The first-order chi connectivity index (χ1) is 16.0. The second kappa shape index (κ2) is 10.9. The van der Waals surface area contributed by atoms with Gasteiger partial charge in [-0.15, -0.1) is 0 Å². The van der Waals surface area contributed by atoms with Crippen LogP contribution in [0.15, 0.2) is 0 Å². The van der Waals surface area contributed by atoms with Gasteiger partial charge in [0, 0.05) is 24.2 Å². The van der Waals surface area contributed by atoms with E-state index in [0.717, 1.165) is 57.7 Å². The second-order valence-corrected chi connectivity index (χ2v) is 11.6. The summed E-state index contributed by atoms with van der Waals surface area (Å²) in [7, 11) is 0. The van der Waals surface area contributed by atoms with Crippen LogP contribution in [0.5, 0.6) is 0 Å². The minimum atomic E-state index is -0.683. The lowest BCUT2D eigenvalue weighted by molar-refractivity contribution is -0.124. The smallest absolute Gasteiger partial charge is 0.237 e. The van der Waals surface area contributed by atoms with Crippen molar-refractivity contribution in [3.05, 3.63) is 0 Å². The molecule has 6 N–H and O–H groups in total. The first-order valence-electron chi connectivity index (χ1n) is 13.7. The predicted octanol–water partition coefficient (Wildman–Crippen LogP) is 1.35. The summed E-state index contributed by atoms with van der Waals surface area (Å²) in [6.07, 6.45) is 9.27. The minimum absolute atomic E-state index is 0.122. The second-order valence-electron chi connectivity index (χ2n) is 11.6. The highest BCUT2D eigenvalue weighted by Gasteiger charge is 2.42. The van der Waals surface area contributed by atoms with Crippen LogP contribution in [0.2, 0.25) is 0 Å². The van der Waals surface area contributed by atoms with Crippen LogP contribution < -0.4 is 31.9 Å². The van der Waals surface area contributed by atoms with Crippen molar-refractivity contribution in [2.45, 2.75) is 114 Å². The normalized spacial score (nSPS) is 46.5. The number of hydrogen-bond acceptors (Lipinski definition) is 6. The van der Waals surface area contributed by atoms with E-state index < -0.39 is 6.17 Å². The van der Waals surface area contributed by atoms with Crippen LogP contribution in [0.3, 0.4) is 0 Å². The highest BCUT2D eigenvalue weighted by molar-refractivity contribution is 5.82. The van der Waals surface area contributed by atoms with Crippen LogP contribution in [0.1, 0.15) is 71.1 Å². The van der Waals surface area contributed by atoms with Crippen LogP contribution >= 0.6 is 0 Å². The van der Waals surface area contributed by atoms with Crippen molar-refractivity contribution in [3.8, 4) is 0 Å². The van der Waals surface area contributed by atoms with Crippen molar-refractivity contribution in [3.63, 3.8) is 0 Å². The molecule has 188 valence electrons. The molecule has 3 heterocycles. The molecule has 33 heavy (non-hydrogen) atoms. The fraction of sp³-hybridized carbons (Fsp3) is 0.960. The number of alkyl halides is 1. The zero-order valence-corrected chi connectivity index (χ0v) is 20.3. The van der Waals surface area contributed by atoms with E-state index in [0.29, 0.717) is 42.8 Å². The van der Waals surface area contributed by atoms with Gasteiger partial charge in [0.05, 0.1) is 6.04 Å². The molecule has 2 saturated carbocycles. The van der Waals surface area contributed by atoms with Gasteiger partial charge >= 0.3 is 0 Å². The molecule has 0 spiro atoms. The van der Waals surface area contributed by atoms with E-state index in [4.69, 9.17) is 0 Å². The van der Waals surface area contributed by atoms with E-state index in [1.165, 1.54) is 19.3 Å². The SMILES string of the molecule is CC1CCC(NC(=O)C2CC3CC(F)CCC3N2)CC1NC1NCCC(C2CCCNC2)N1. The summed E-state index contributed by atoms with van der Waals surface area (Å²) in [4.78, 5) is 13.0. The van der Waals surface area contributed by atoms with Crippen molar-refractivity contribution >= 4 is 5.91 Å². The highest BCUT2D eigenvalue weighted by Crippen LogP contribution is 2.35. The van der Waals surface area contributed by atoms with Crippen LogP contribution in [-0.2, 0) is 4.79 Å². The molecular weight excluding hydrogens is 419 g/mol. The largest absolute Gasteiger partial charge is 0.352 e. The van der Waals surface area contributed by atoms with E-state index in [1.54, 1.807) is 0 Å². The van der Waals surface area contributed by atoms with Crippen LogP contribution in [0.25, 0.3) is 0 Å². The molecule has 7 nitrogen and oxygen atoms in total. The van der Waals surface area contributed by atoms with E-state index in [2.05, 4.69) is 38.8 Å². The molecule has 5 rings (SSSR count). The van der Waals surface area contributed by atoms with Gasteiger partial charge in [0.2, 0.25) is 5.91 Å². The number of hydrogen-bond donors (Lipinski definition) is 6. The number of rotatable bonds is 5. The van der Waals surface area contributed by atoms with E-state index in [1.807, 2.05) is 0 Å². The average molecular weight is 465 g/mol. The van der Waals surface area contributed by atoms with Gasteiger partial charge in [-0.3, -0.25) is 20.7 Å². The number of carbonyl (C=O) groups excluding carboxylic acids is 1. The first kappa shape index (κ1) is 23.9. The fourth-order valence-corrected chi connectivity index (χ4v) is 7.14. The molecule has 0 radical (unpaired) electrons. The van der Waals surface area contributed by atoms with Crippen molar-refractivity contribution in [2.75, 3.05) is 19.6 Å². The summed E-state index contributed by atoms with van der Waals surface area (Å²) >= 11 is 0. The molecule has 3 saturated heterocycles. The number of fused-ring (bicyclic) bond motifs is 1. The number of piperidine rings is 1. The summed E-state index contributed by atoms with van der Waals surface area (Å²) in [5, 5.41) is 21.7. The third kappa shape index (κ3) is 5.89. The van der Waals surface area contributed by atoms with Gasteiger partial charge in [-0.2, -0.15) is 0 Å². The van der Waals surface area contributed by atoms with Gasteiger partial charge < -0.3 is 16.0 Å². The standard InChI is InChI=1S/C25H45FN6O/c1-15-4-6-19(29-24(33)23-12-17-11-18(26)5-7-20(17)30-23)13-22(15)32-25-28-10-8-21(31-25)16-3-2-9-27-14-16/h15-23,25,27-28,30-32H,2-14H2,1H3,(H,29,33). The number of amides is 1. The third-order valence-electron chi connectivity index (χ3n) is 9.20. The Bertz CT molecular complexity index is 661. The quantitative estimate of drug-likeness (QED) is 0.368. The van der Waals surface area contributed by atoms with Crippen molar-refractivity contribution in [2.24, 2.45) is 17.8 Å². The minimum Gasteiger partial charge on any atom is -0.352 e. The van der Waals surface area contributed by atoms with Gasteiger partial charge in [0.15, 0.2) is 0 Å². The Morgan fingerprint density at radius 1 is 0.909 bits per heavy atom. The molecule has 10 unspecified atom stereocenters. The Morgan fingerprint density at radius 3 is 2.64 bits per heavy atom. The Hall–Kier alpha value is -0.800. The number of halogens is 1. The van der Waals surface area contributed by atoms with Gasteiger partial charge in [0.25, 0.3) is 0 Å². The average Bonchev–Trinajstić information content (AvgIpc) is 3.25. The van der Waals surface area contributed by atoms with Gasteiger partial charge in [-0.25, -0.2) is 4.39 Å². The Labute approximate surface area is 198 Å². The topological polar surface area (TPSA) is 89.2 Å². The van der Waals surface area contributed by atoms with Crippen LogP contribution in [-0.4, -0.2) is 68.2 Å². The molecule has 5 fully saturated rings. The Kier molecular flexibility index (Phi) is 7.87. The lowest BCUT2D eigenvalue weighted by atomic mass is 9.82. The number of carbonyl (C=O) groups is 1. The zero-order chi connectivity index (χ0) is 22.8. The molecule has 10 atom stereocenters. The molecule has 2 aliphatic carbocycles. The maximum atomic E-state index is 13.8. The third-order valence-corrected chi connectivity index (χ3v) is 9.20. The van der Waals surface area contributed by atoms with Crippen LogP contribution in [0.4, 0.5) is 4.39 Å². The summed E-state index contributed by atoms with van der Waals surface area (Å²) in [6, 6.07) is 1.33. The molecule has 3 aliphatic heterocycles.